The van der Waals surface area contributed by atoms with E-state index in [0.29, 0.717) is 5.41 Å². The second-order valence-electron chi connectivity index (χ2n) is 6.88. The highest BCUT2D eigenvalue weighted by atomic mass is 14.8. The summed E-state index contributed by atoms with van der Waals surface area (Å²) in [6.45, 7) is 1.28. The van der Waals surface area contributed by atoms with Crippen molar-refractivity contribution in [3.63, 3.8) is 0 Å². The Balaban J connectivity index is 1.63. The maximum atomic E-state index is 3.47. The molecule has 0 radical (unpaired) electrons. The van der Waals surface area contributed by atoms with Crippen molar-refractivity contribution < 1.29 is 0 Å². The Morgan fingerprint density at radius 1 is 1.12 bits per heavy atom. The van der Waals surface area contributed by atoms with Gasteiger partial charge in [-0.15, -0.1) is 0 Å². The van der Waals surface area contributed by atoms with Crippen LogP contribution in [0.5, 0.6) is 0 Å². The average molecular weight is 221 g/mol. The zero-order chi connectivity index (χ0) is 11.0. The van der Waals surface area contributed by atoms with E-state index in [1.54, 1.807) is 32.1 Å². The van der Waals surface area contributed by atoms with Crippen LogP contribution in [0.15, 0.2) is 0 Å². The Hall–Kier alpha value is -0.0400. The molecule has 3 atom stereocenters. The number of nitrogens with one attached hydrogen (secondary N) is 1. The molecule has 3 fully saturated rings. The molecule has 0 aromatic carbocycles. The molecular weight excluding hydrogens is 194 g/mol. The van der Waals surface area contributed by atoms with E-state index in [9.17, 15) is 0 Å². The minimum Gasteiger partial charge on any atom is -0.319 e. The Morgan fingerprint density at radius 3 is 2.50 bits per heavy atom. The number of hydrogen-bond acceptors (Lipinski definition) is 1. The molecule has 3 aliphatic rings. The molecule has 0 aromatic rings. The molecule has 3 unspecified atom stereocenters. The van der Waals surface area contributed by atoms with Crippen molar-refractivity contribution in [3.8, 4) is 0 Å². The van der Waals surface area contributed by atoms with E-state index in [1.807, 2.05) is 0 Å². The van der Waals surface area contributed by atoms with Crippen LogP contribution in [0, 0.1) is 23.2 Å². The van der Waals surface area contributed by atoms with E-state index >= 15 is 0 Å². The average Bonchev–Trinajstić information content (AvgIpc) is 2.94. The van der Waals surface area contributed by atoms with Gasteiger partial charge in [-0.25, -0.2) is 0 Å². The lowest BCUT2D eigenvalue weighted by Gasteiger charge is -2.35. The van der Waals surface area contributed by atoms with Crippen LogP contribution in [-0.2, 0) is 0 Å². The standard InChI is InChI=1S/C15H27N/c1-16-11-15(6-2-3-7-15)10-14-9-12-4-5-13(14)8-12/h12-14,16H,2-11H2,1H3. The van der Waals surface area contributed by atoms with Gasteiger partial charge in [-0.3, -0.25) is 0 Å². The van der Waals surface area contributed by atoms with Crippen LogP contribution in [0.25, 0.3) is 0 Å². The molecule has 0 heterocycles. The van der Waals surface area contributed by atoms with Crippen molar-refractivity contribution in [2.24, 2.45) is 23.2 Å². The summed E-state index contributed by atoms with van der Waals surface area (Å²) < 4.78 is 0. The van der Waals surface area contributed by atoms with E-state index in [1.165, 1.54) is 32.2 Å². The van der Waals surface area contributed by atoms with Crippen LogP contribution < -0.4 is 5.32 Å². The van der Waals surface area contributed by atoms with Crippen molar-refractivity contribution in [1.29, 1.82) is 0 Å². The van der Waals surface area contributed by atoms with Gasteiger partial charge >= 0.3 is 0 Å². The fourth-order valence-electron chi connectivity index (χ4n) is 5.14. The fourth-order valence-corrected chi connectivity index (χ4v) is 5.14. The summed E-state index contributed by atoms with van der Waals surface area (Å²) in [7, 11) is 2.14. The highest BCUT2D eigenvalue weighted by molar-refractivity contribution is 4.96. The van der Waals surface area contributed by atoms with Crippen molar-refractivity contribution in [2.45, 2.75) is 57.8 Å². The molecule has 16 heavy (non-hydrogen) atoms. The molecule has 3 saturated carbocycles. The number of fused-ring (bicyclic) bond motifs is 2. The summed E-state index contributed by atoms with van der Waals surface area (Å²) in [5.41, 5.74) is 0.698. The van der Waals surface area contributed by atoms with E-state index < -0.39 is 0 Å². The first-order valence-corrected chi connectivity index (χ1v) is 7.46. The number of rotatable bonds is 4. The summed E-state index contributed by atoms with van der Waals surface area (Å²) in [5, 5.41) is 3.47. The second kappa shape index (κ2) is 4.33. The molecule has 92 valence electrons. The third-order valence-electron chi connectivity index (χ3n) is 5.80. The predicted octanol–water partition coefficient (Wildman–Crippen LogP) is 3.59. The SMILES string of the molecule is CNCC1(CC2CC3CCC2C3)CCCC1. The van der Waals surface area contributed by atoms with Gasteiger partial charge in [-0.05, 0) is 68.7 Å². The van der Waals surface area contributed by atoms with Gasteiger partial charge in [0.05, 0.1) is 0 Å². The molecule has 1 N–H and O–H groups in total. The molecular formula is C15H27N. The van der Waals surface area contributed by atoms with Gasteiger partial charge in [0.15, 0.2) is 0 Å². The Kier molecular flexibility index (Phi) is 2.99. The smallest absolute Gasteiger partial charge is 0.000491 e. The molecule has 1 heteroatoms. The van der Waals surface area contributed by atoms with Crippen molar-refractivity contribution >= 4 is 0 Å². The van der Waals surface area contributed by atoms with Gasteiger partial charge in [0.25, 0.3) is 0 Å². The quantitative estimate of drug-likeness (QED) is 0.765. The molecule has 0 spiro atoms. The lowest BCUT2D eigenvalue weighted by Crippen LogP contribution is -2.33. The largest absolute Gasteiger partial charge is 0.319 e. The van der Waals surface area contributed by atoms with Crippen LogP contribution >= 0.6 is 0 Å². The summed E-state index contributed by atoms with van der Waals surface area (Å²) >= 11 is 0. The van der Waals surface area contributed by atoms with Gasteiger partial charge in [0.1, 0.15) is 0 Å². The highest BCUT2D eigenvalue weighted by Gasteiger charge is 2.44. The predicted molar refractivity (Wildman–Crippen MR) is 68.4 cm³/mol. The first-order chi connectivity index (χ1) is 7.81. The maximum Gasteiger partial charge on any atom is 0.000491 e. The molecule has 0 aliphatic heterocycles. The highest BCUT2D eigenvalue weighted by Crippen LogP contribution is 2.54. The zero-order valence-corrected chi connectivity index (χ0v) is 10.8. The summed E-state index contributed by atoms with van der Waals surface area (Å²) in [4.78, 5) is 0. The molecule has 1 nitrogen and oxygen atoms in total. The molecule has 3 rings (SSSR count). The maximum absolute atomic E-state index is 3.47. The van der Waals surface area contributed by atoms with E-state index in [-0.39, 0.29) is 0 Å². The van der Waals surface area contributed by atoms with Gasteiger partial charge < -0.3 is 5.32 Å². The third kappa shape index (κ3) is 1.92. The minimum atomic E-state index is 0.698. The molecule has 0 amide bonds. The van der Waals surface area contributed by atoms with Gasteiger partial charge in [0, 0.05) is 6.54 Å². The normalized spacial score (nSPS) is 40.7. The van der Waals surface area contributed by atoms with Crippen molar-refractivity contribution in [2.75, 3.05) is 13.6 Å². The molecule has 3 aliphatic carbocycles. The lowest BCUT2D eigenvalue weighted by atomic mass is 9.73. The van der Waals surface area contributed by atoms with Crippen LogP contribution in [0.3, 0.4) is 0 Å². The Labute approximate surface area is 100 Å². The van der Waals surface area contributed by atoms with Gasteiger partial charge in [-0.1, -0.05) is 19.3 Å². The monoisotopic (exact) mass is 221 g/mol. The van der Waals surface area contributed by atoms with Gasteiger partial charge in [0.2, 0.25) is 0 Å². The van der Waals surface area contributed by atoms with Gasteiger partial charge in [-0.2, -0.15) is 0 Å². The van der Waals surface area contributed by atoms with Crippen LogP contribution in [0.4, 0.5) is 0 Å². The second-order valence-corrected chi connectivity index (χ2v) is 6.88. The fraction of sp³-hybridized carbons (Fsp3) is 1.00. The third-order valence-corrected chi connectivity index (χ3v) is 5.80. The molecule has 2 bridgehead atoms. The Morgan fingerprint density at radius 2 is 1.94 bits per heavy atom. The van der Waals surface area contributed by atoms with Crippen LogP contribution in [0.1, 0.15) is 57.8 Å². The first kappa shape index (κ1) is 11.1. The minimum absolute atomic E-state index is 0.698. The van der Waals surface area contributed by atoms with Crippen molar-refractivity contribution in [1.82, 2.24) is 5.32 Å². The molecule has 0 aromatic heterocycles. The summed E-state index contributed by atoms with van der Waals surface area (Å²) in [6.07, 6.45) is 13.8. The van der Waals surface area contributed by atoms with Crippen LogP contribution in [0.2, 0.25) is 0 Å². The lowest BCUT2D eigenvalue weighted by molar-refractivity contribution is 0.174. The zero-order valence-electron chi connectivity index (χ0n) is 10.8. The first-order valence-electron chi connectivity index (χ1n) is 7.46. The summed E-state index contributed by atoms with van der Waals surface area (Å²) in [6, 6.07) is 0. The molecule has 0 saturated heterocycles. The number of hydrogen-bond donors (Lipinski definition) is 1. The van der Waals surface area contributed by atoms with E-state index in [0.717, 1.165) is 17.8 Å². The van der Waals surface area contributed by atoms with E-state index in [4.69, 9.17) is 0 Å². The van der Waals surface area contributed by atoms with E-state index in [2.05, 4.69) is 12.4 Å². The van der Waals surface area contributed by atoms with Crippen LogP contribution in [-0.4, -0.2) is 13.6 Å². The Bertz CT molecular complexity index is 242. The van der Waals surface area contributed by atoms with Crippen molar-refractivity contribution in [3.05, 3.63) is 0 Å². The summed E-state index contributed by atoms with van der Waals surface area (Å²) in [5.74, 6) is 3.35. The topological polar surface area (TPSA) is 12.0 Å².